The number of rotatable bonds is 5. The number of likely N-dealkylation sites (N-methyl/N-ethyl adjacent to an activating group) is 1. The van der Waals surface area contributed by atoms with Crippen LogP contribution in [0.2, 0.25) is 0 Å². The van der Waals surface area contributed by atoms with E-state index >= 15 is 0 Å². The normalized spacial score (nSPS) is 14.2. The number of hydrogen-bond donors (Lipinski definition) is 0. The van der Waals surface area contributed by atoms with Crippen LogP contribution in [0.4, 0.5) is 0 Å². The number of fused-ring (bicyclic) bond motifs is 5. The molecule has 0 fully saturated rings. The van der Waals surface area contributed by atoms with Gasteiger partial charge in [-0.2, -0.15) is 0 Å². The topological polar surface area (TPSA) is 25.4 Å². The summed E-state index contributed by atoms with van der Waals surface area (Å²) < 4.78 is 5.86. The fourth-order valence-corrected chi connectivity index (χ4v) is 4.53. The molecule has 3 aromatic carbocycles. The molecule has 0 N–H and O–H groups in total. The van der Waals surface area contributed by atoms with Gasteiger partial charge in [-0.3, -0.25) is 0 Å². The van der Waals surface area contributed by atoms with E-state index in [4.69, 9.17) is 9.72 Å². The minimum atomic E-state index is 0.775. The molecule has 1 aromatic heterocycles. The van der Waals surface area contributed by atoms with Crippen molar-refractivity contribution in [3.8, 4) is 17.0 Å². The zero-order valence-electron chi connectivity index (χ0n) is 17.8. The highest BCUT2D eigenvalue weighted by Crippen LogP contribution is 2.37. The Morgan fingerprint density at radius 3 is 2.63 bits per heavy atom. The molecule has 0 saturated heterocycles. The maximum absolute atomic E-state index is 5.86. The van der Waals surface area contributed by atoms with Crippen LogP contribution in [0.25, 0.3) is 32.9 Å². The Bertz CT molecular complexity index is 1200. The van der Waals surface area contributed by atoms with Crippen LogP contribution in [0.5, 0.6) is 5.75 Å². The van der Waals surface area contributed by atoms with Gasteiger partial charge in [0.2, 0.25) is 0 Å². The zero-order chi connectivity index (χ0) is 20.5. The van der Waals surface area contributed by atoms with Gasteiger partial charge in [0.1, 0.15) is 5.75 Å². The van der Waals surface area contributed by atoms with E-state index in [1.807, 2.05) is 0 Å². The van der Waals surface area contributed by atoms with Crippen molar-refractivity contribution in [1.29, 1.82) is 0 Å². The van der Waals surface area contributed by atoms with Crippen LogP contribution >= 0.6 is 0 Å². The summed E-state index contributed by atoms with van der Waals surface area (Å²) >= 11 is 0. The maximum Gasteiger partial charge on any atom is 0.119 e. The number of benzene rings is 3. The Balaban J connectivity index is 1.65. The van der Waals surface area contributed by atoms with Crippen molar-refractivity contribution in [1.82, 2.24) is 9.88 Å². The first kappa shape index (κ1) is 19.1. The lowest BCUT2D eigenvalue weighted by atomic mass is 9.89. The van der Waals surface area contributed by atoms with Crippen LogP contribution in [0.15, 0.2) is 60.7 Å². The molecule has 0 spiro atoms. The van der Waals surface area contributed by atoms with Gasteiger partial charge in [0.15, 0.2) is 0 Å². The van der Waals surface area contributed by atoms with Gasteiger partial charge >= 0.3 is 0 Å². The Kier molecular flexibility index (Phi) is 5.14. The average molecular weight is 397 g/mol. The van der Waals surface area contributed by atoms with E-state index in [0.29, 0.717) is 0 Å². The second kappa shape index (κ2) is 8.08. The minimum Gasteiger partial charge on any atom is -0.494 e. The highest BCUT2D eigenvalue weighted by molar-refractivity contribution is 6.09. The van der Waals surface area contributed by atoms with Gasteiger partial charge in [-0.15, -0.1) is 0 Å². The largest absolute Gasteiger partial charge is 0.494 e. The summed E-state index contributed by atoms with van der Waals surface area (Å²) in [5.41, 5.74) is 6.20. The van der Waals surface area contributed by atoms with Crippen LogP contribution in [0.1, 0.15) is 30.9 Å². The minimum absolute atomic E-state index is 0.775. The molecular weight excluding hydrogens is 368 g/mol. The molecule has 0 aliphatic carbocycles. The Morgan fingerprint density at radius 2 is 1.80 bits per heavy atom. The molecule has 4 aromatic rings. The Hall–Kier alpha value is -2.91. The first-order chi connectivity index (χ1) is 14.7. The molecule has 0 amide bonds. The van der Waals surface area contributed by atoms with Crippen molar-refractivity contribution in [2.75, 3.05) is 20.2 Å². The van der Waals surface area contributed by atoms with E-state index in [1.54, 1.807) is 0 Å². The van der Waals surface area contributed by atoms with Crippen molar-refractivity contribution < 1.29 is 4.74 Å². The molecule has 0 atom stereocenters. The first-order valence-corrected chi connectivity index (χ1v) is 11.0. The molecule has 1 aliphatic heterocycles. The molecule has 0 bridgehead atoms. The summed E-state index contributed by atoms with van der Waals surface area (Å²) in [6.45, 7) is 4.98. The fourth-order valence-electron chi connectivity index (χ4n) is 4.53. The molecule has 1 aliphatic rings. The van der Waals surface area contributed by atoms with Crippen molar-refractivity contribution in [3.63, 3.8) is 0 Å². The van der Waals surface area contributed by atoms with Crippen molar-refractivity contribution in [3.05, 3.63) is 71.8 Å². The lowest BCUT2D eigenvalue weighted by molar-refractivity contribution is 0.309. The molecule has 152 valence electrons. The number of aromatic nitrogens is 1. The van der Waals surface area contributed by atoms with E-state index in [2.05, 4.69) is 79.5 Å². The zero-order valence-corrected chi connectivity index (χ0v) is 17.8. The quantitative estimate of drug-likeness (QED) is 0.296. The summed E-state index contributed by atoms with van der Waals surface area (Å²) in [7, 11) is 2.20. The van der Waals surface area contributed by atoms with Crippen molar-refractivity contribution in [2.24, 2.45) is 0 Å². The molecule has 2 heterocycles. The highest BCUT2D eigenvalue weighted by atomic mass is 16.5. The van der Waals surface area contributed by atoms with Gasteiger partial charge in [-0.25, -0.2) is 4.98 Å². The van der Waals surface area contributed by atoms with Crippen molar-refractivity contribution >= 4 is 21.7 Å². The number of nitrogens with zero attached hydrogens (tertiary/aromatic N) is 2. The molecular formula is C27H28N2O. The molecule has 30 heavy (non-hydrogen) atoms. The van der Waals surface area contributed by atoms with Crippen molar-refractivity contribution in [2.45, 2.75) is 32.7 Å². The van der Waals surface area contributed by atoms with Gasteiger partial charge in [-0.1, -0.05) is 43.7 Å². The highest BCUT2D eigenvalue weighted by Gasteiger charge is 2.22. The average Bonchev–Trinajstić information content (AvgIpc) is 2.79. The number of pyridine rings is 1. The third kappa shape index (κ3) is 3.44. The lowest BCUT2D eigenvalue weighted by Gasteiger charge is -2.28. The summed E-state index contributed by atoms with van der Waals surface area (Å²) in [4.78, 5) is 7.58. The smallest absolute Gasteiger partial charge is 0.119 e. The van der Waals surface area contributed by atoms with Crippen LogP contribution in [0, 0.1) is 0 Å². The van der Waals surface area contributed by atoms with E-state index in [0.717, 1.165) is 55.9 Å². The third-order valence-corrected chi connectivity index (χ3v) is 6.16. The summed E-state index contributed by atoms with van der Waals surface area (Å²) in [6, 6.07) is 21.5. The Morgan fingerprint density at radius 1 is 0.967 bits per heavy atom. The van der Waals surface area contributed by atoms with Crippen LogP contribution in [0.3, 0.4) is 0 Å². The second-order valence-electron chi connectivity index (χ2n) is 8.31. The number of hydrogen-bond acceptors (Lipinski definition) is 3. The van der Waals surface area contributed by atoms with E-state index < -0.39 is 0 Å². The van der Waals surface area contributed by atoms with E-state index in [9.17, 15) is 0 Å². The number of ether oxygens (including phenoxy) is 1. The molecule has 0 radical (unpaired) electrons. The predicted molar refractivity (Wildman–Crippen MR) is 125 cm³/mol. The van der Waals surface area contributed by atoms with Gasteiger partial charge in [-0.05, 0) is 72.1 Å². The van der Waals surface area contributed by atoms with Crippen LogP contribution in [-0.4, -0.2) is 30.1 Å². The monoisotopic (exact) mass is 396 g/mol. The molecule has 3 heteroatoms. The van der Waals surface area contributed by atoms with E-state index in [-0.39, 0.29) is 0 Å². The summed E-state index contributed by atoms with van der Waals surface area (Å²) in [5.74, 6) is 0.935. The predicted octanol–water partition coefficient (Wildman–Crippen LogP) is 6.22. The molecule has 0 unspecified atom stereocenters. The van der Waals surface area contributed by atoms with Gasteiger partial charge < -0.3 is 9.64 Å². The van der Waals surface area contributed by atoms with Gasteiger partial charge in [0.05, 0.1) is 17.8 Å². The van der Waals surface area contributed by atoms with Crippen LogP contribution in [-0.2, 0) is 13.0 Å². The summed E-state index contributed by atoms with van der Waals surface area (Å²) in [6.07, 6.45) is 3.29. The third-order valence-electron chi connectivity index (χ3n) is 6.16. The standard InChI is InChI=1S/C27H28N2O/c1-3-4-17-30-21-12-9-20(10-13-21)27-24-18-29(2)16-15-23(24)26-22-8-6-5-7-19(22)11-14-25(26)28-27/h5-14H,3-4,15-18H2,1-2H3. The molecule has 3 nitrogen and oxygen atoms in total. The Labute approximate surface area is 178 Å². The number of unbranched alkanes of at least 4 members (excludes halogenated alkanes) is 1. The summed E-state index contributed by atoms with van der Waals surface area (Å²) in [5, 5.41) is 3.93. The first-order valence-electron chi connectivity index (χ1n) is 11.0. The fraction of sp³-hybridized carbons (Fsp3) is 0.296. The van der Waals surface area contributed by atoms with Gasteiger partial charge in [0.25, 0.3) is 0 Å². The van der Waals surface area contributed by atoms with Gasteiger partial charge in [0, 0.05) is 24.0 Å². The van der Waals surface area contributed by atoms with E-state index in [1.165, 1.54) is 32.8 Å². The van der Waals surface area contributed by atoms with Crippen LogP contribution < -0.4 is 4.74 Å². The lowest BCUT2D eigenvalue weighted by Crippen LogP contribution is -2.27. The second-order valence-corrected chi connectivity index (χ2v) is 8.31. The molecule has 0 saturated carbocycles. The maximum atomic E-state index is 5.86. The SMILES string of the molecule is CCCCOc1ccc(-c2nc3ccc4ccccc4c3c3c2CN(C)CC3)cc1. The molecule has 5 rings (SSSR count).